The standard InChI is InChI=1S/C14H21N/c1-13-6-5-10-15(12-13)11-9-14-7-3-2-4-8-14/h2-4,7-8,13H,5-6,9-12H2,1H3/t13-/m0/s1. The molecule has 1 heterocycles. The minimum atomic E-state index is 0.898. The van der Waals surface area contributed by atoms with E-state index in [-0.39, 0.29) is 0 Å². The zero-order valence-corrected chi connectivity index (χ0v) is 9.65. The van der Waals surface area contributed by atoms with Crippen molar-refractivity contribution < 1.29 is 0 Å². The van der Waals surface area contributed by atoms with Gasteiger partial charge in [-0.25, -0.2) is 0 Å². The minimum absolute atomic E-state index is 0.898. The Morgan fingerprint density at radius 3 is 2.80 bits per heavy atom. The smallest absolute Gasteiger partial charge is 0.00219 e. The van der Waals surface area contributed by atoms with Crippen LogP contribution in [0.25, 0.3) is 0 Å². The zero-order valence-electron chi connectivity index (χ0n) is 9.65. The molecule has 0 amide bonds. The van der Waals surface area contributed by atoms with Gasteiger partial charge in [0.25, 0.3) is 0 Å². The maximum absolute atomic E-state index is 2.61. The molecule has 1 heteroatoms. The number of hydrogen-bond donors (Lipinski definition) is 0. The van der Waals surface area contributed by atoms with E-state index in [1.54, 1.807) is 0 Å². The van der Waals surface area contributed by atoms with Gasteiger partial charge in [-0.05, 0) is 37.3 Å². The Hall–Kier alpha value is -0.820. The maximum atomic E-state index is 2.61. The number of rotatable bonds is 3. The summed E-state index contributed by atoms with van der Waals surface area (Å²) in [4.78, 5) is 2.61. The van der Waals surface area contributed by atoms with Crippen molar-refractivity contribution in [2.45, 2.75) is 26.2 Å². The lowest BCUT2D eigenvalue weighted by Gasteiger charge is -2.30. The molecule has 0 aromatic heterocycles. The first kappa shape index (κ1) is 10.7. The van der Waals surface area contributed by atoms with Crippen molar-refractivity contribution in [3.63, 3.8) is 0 Å². The molecule has 0 saturated carbocycles. The Bertz CT molecular complexity index is 281. The Kier molecular flexibility index (Phi) is 3.79. The fourth-order valence-corrected chi connectivity index (χ4v) is 2.42. The molecular formula is C14H21N. The van der Waals surface area contributed by atoms with Crippen LogP contribution in [0.4, 0.5) is 0 Å². The molecule has 1 fully saturated rings. The predicted octanol–water partition coefficient (Wildman–Crippen LogP) is 2.96. The molecule has 0 radical (unpaired) electrons. The number of benzene rings is 1. The topological polar surface area (TPSA) is 3.24 Å². The van der Waals surface area contributed by atoms with Crippen LogP contribution in [0.5, 0.6) is 0 Å². The van der Waals surface area contributed by atoms with Gasteiger partial charge in [0.05, 0.1) is 0 Å². The Balaban J connectivity index is 1.78. The van der Waals surface area contributed by atoms with E-state index in [4.69, 9.17) is 0 Å². The first-order chi connectivity index (χ1) is 7.34. The van der Waals surface area contributed by atoms with E-state index in [1.807, 2.05) is 0 Å². The van der Waals surface area contributed by atoms with Crippen LogP contribution in [0.1, 0.15) is 25.3 Å². The summed E-state index contributed by atoms with van der Waals surface area (Å²) in [7, 11) is 0. The average molecular weight is 203 g/mol. The van der Waals surface area contributed by atoms with E-state index in [0.717, 1.165) is 5.92 Å². The van der Waals surface area contributed by atoms with E-state index >= 15 is 0 Å². The zero-order chi connectivity index (χ0) is 10.5. The van der Waals surface area contributed by atoms with Gasteiger partial charge in [-0.15, -0.1) is 0 Å². The van der Waals surface area contributed by atoms with Crippen LogP contribution in [0.3, 0.4) is 0 Å². The molecule has 0 aliphatic carbocycles. The molecule has 0 spiro atoms. The molecular weight excluding hydrogens is 182 g/mol. The van der Waals surface area contributed by atoms with Gasteiger partial charge in [-0.1, -0.05) is 37.3 Å². The van der Waals surface area contributed by atoms with Gasteiger partial charge in [0.15, 0.2) is 0 Å². The van der Waals surface area contributed by atoms with E-state index < -0.39 is 0 Å². The van der Waals surface area contributed by atoms with E-state index in [1.165, 1.54) is 44.5 Å². The van der Waals surface area contributed by atoms with Gasteiger partial charge >= 0.3 is 0 Å². The molecule has 1 aliphatic rings. The fraction of sp³-hybridized carbons (Fsp3) is 0.571. The van der Waals surface area contributed by atoms with E-state index in [2.05, 4.69) is 42.2 Å². The lowest BCUT2D eigenvalue weighted by atomic mass is 10.00. The molecule has 2 rings (SSSR count). The second-order valence-electron chi connectivity index (χ2n) is 4.78. The van der Waals surface area contributed by atoms with Crippen LogP contribution in [-0.2, 0) is 6.42 Å². The molecule has 1 nitrogen and oxygen atoms in total. The summed E-state index contributed by atoms with van der Waals surface area (Å²) in [6.07, 6.45) is 4.01. The largest absolute Gasteiger partial charge is 0.303 e. The second-order valence-corrected chi connectivity index (χ2v) is 4.78. The lowest BCUT2D eigenvalue weighted by molar-refractivity contribution is 0.186. The normalized spacial score (nSPS) is 22.9. The van der Waals surface area contributed by atoms with Gasteiger partial charge in [0.2, 0.25) is 0 Å². The summed E-state index contributed by atoms with van der Waals surface area (Å²) >= 11 is 0. The van der Waals surface area contributed by atoms with Crippen molar-refractivity contribution in [3.8, 4) is 0 Å². The van der Waals surface area contributed by atoms with Gasteiger partial charge in [-0.2, -0.15) is 0 Å². The molecule has 0 bridgehead atoms. The third kappa shape index (κ3) is 3.35. The number of likely N-dealkylation sites (tertiary alicyclic amines) is 1. The summed E-state index contributed by atoms with van der Waals surface area (Å²) in [5, 5.41) is 0. The maximum Gasteiger partial charge on any atom is 0.00219 e. The van der Waals surface area contributed by atoms with Crippen molar-refractivity contribution in [2.24, 2.45) is 5.92 Å². The molecule has 1 aromatic rings. The predicted molar refractivity (Wildman–Crippen MR) is 65.0 cm³/mol. The molecule has 1 saturated heterocycles. The van der Waals surface area contributed by atoms with E-state index in [0.29, 0.717) is 0 Å². The molecule has 0 N–H and O–H groups in total. The second kappa shape index (κ2) is 5.32. The summed E-state index contributed by atoms with van der Waals surface area (Å²) in [5.41, 5.74) is 1.47. The fourth-order valence-electron chi connectivity index (χ4n) is 2.42. The number of piperidine rings is 1. The van der Waals surface area contributed by atoms with Crippen molar-refractivity contribution in [2.75, 3.05) is 19.6 Å². The Morgan fingerprint density at radius 1 is 1.27 bits per heavy atom. The quantitative estimate of drug-likeness (QED) is 0.730. The minimum Gasteiger partial charge on any atom is -0.303 e. The van der Waals surface area contributed by atoms with Crippen molar-refractivity contribution in [1.29, 1.82) is 0 Å². The van der Waals surface area contributed by atoms with Crippen molar-refractivity contribution in [1.82, 2.24) is 4.90 Å². The molecule has 0 unspecified atom stereocenters. The van der Waals surface area contributed by atoms with Crippen LogP contribution >= 0.6 is 0 Å². The third-order valence-electron chi connectivity index (χ3n) is 3.30. The highest BCUT2D eigenvalue weighted by atomic mass is 15.1. The molecule has 82 valence electrons. The summed E-state index contributed by atoms with van der Waals surface area (Å²) in [6, 6.07) is 10.8. The first-order valence-electron chi connectivity index (χ1n) is 6.11. The average Bonchev–Trinajstić information content (AvgIpc) is 2.28. The highest BCUT2D eigenvalue weighted by Gasteiger charge is 2.15. The van der Waals surface area contributed by atoms with Crippen molar-refractivity contribution >= 4 is 0 Å². The SMILES string of the molecule is C[C@H]1CCCN(CCc2ccccc2)C1. The molecule has 1 aromatic carbocycles. The Labute approximate surface area is 93.1 Å². The van der Waals surface area contributed by atoms with Gasteiger partial charge in [0.1, 0.15) is 0 Å². The molecule has 1 atom stereocenters. The first-order valence-corrected chi connectivity index (χ1v) is 6.11. The van der Waals surface area contributed by atoms with Crippen LogP contribution in [0, 0.1) is 5.92 Å². The highest BCUT2D eigenvalue weighted by Crippen LogP contribution is 2.15. The van der Waals surface area contributed by atoms with Crippen LogP contribution in [0.2, 0.25) is 0 Å². The monoisotopic (exact) mass is 203 g/mol. The van der Waals surface area contributed by atoms with Gasteiger partial charge in [-0.3, -0.25) is 0 Å². The van der Waals surface area contributed by atoms with E-state index in [9.17, 15) is 0 Å². The lowest BCUT2D eigenvalue weighted by Crippen LogP contribution is -2.35. The van der Waals surface area contributed by atoms with Crippen molar-refractivity contribution in [3.05, 3.63) is 35.9 Å². The molecule has 1 aliphatic heterocycles. The summed E-state index contributed by atoms with van der Waals surface area (Å²) in [5.74, 6) is 0.898. The van der Waals surface area contributed by atoms with Gasteiger partial charge < -0.3 is 4.90 Å². The van der Waals surface area contributed by atoms with Crippen LogP contribution in [-0.4, -0.2) is 24.5 Å². The van der Waals surface area contributed by atoms with Crippen LogP contribution < -0.4 is 0 Å². The summed E-state index contributed by atoms with van der Waals surface area (Å²) < 4.78 is 0. The van der Waals surface area contributed by atoms with Crippen LogP contribution in [0.15, 0.2) is 30.3 Å². The summed E-state index contributed by atoms with van der Waals surface area (Å²) in [6.45, 7) is 6.20. The molecule has 15 heavy (non-hydrogen) atoms. The number of hydrogen-bond acceptors (Lipinski definition) is 1. The highest BCUT2D eigenvalue weighted by molar-refractivity contribution is 5.14. The number of nitrogens with zero attached hydrogens (tertiary/aromatic N) is 1. The third-order valence-corrected chi connectivity index (χ3v) is 3.30. The van der Waals surface area contributed by atoms with Gasteiger partial charge in [0, 0.05) is 13.1 Å². The Morgan fingerprint density at radius 2 is 2.07 bits per heavy atom.